The van der Waals surface area contributed by atoms with Gasteiger partial charge in [-0.1, -0.05) is 65.2 Å². The molecule has 0 fully saturated rings. The number of nitrogens with zero attached hydrogens (tertiary/aromatic N) is 1. The van der Waals surface area contributed by atoms with E-state index in [1.807, 2.05) is 21.1 Å². The van der Waals surface area contributed by atoms with Gasteiger partial charge in [0.2, 0.25) is 0 Å². The van der Waals surface area contributed by atoms with E-state index in [-0.39, 0.29) is 26.1 Å². The van der Waals surface area contributed by atoms with Crippen molar-refractivity contribution in [3.63, 3.8) is 0 Å². The van der Waals surface area contributed by atoms with Gasteiger partial charge in [0.1, 0.15) is 19.8 Å². The molecule has 9 nitrogen and oxygen atoms in total. The van der Waals surface area contributed by atoms with Gasteiger partial charge < -0.3 is 27.9 Å². The molecule has 0 bridgehead atoms. The van der Waals surface area contributed by atoms with Crippen molar-refractivity contribution in [1.29, 1.82) is 0 Å². The lowest BCUT2D eigenvalue weighted by molar-refractivity contribution is -0.870. The van der Waals surface area contributed by atoms with Crippen molar-refractivity contribution in [2.45, 2.75) is 90.6 Å². The van der Waals surface area contributed by atoms with Crippen LogP contribution >= 0.6 is 7.82 Å². The highest BCUT2D eigenvalue weighted by Gasteiger charge is 2.21. The molecule has 0 aromatic rings. The van der Waals surface area contributed by atoms with Crippen molar-refractivity contribution < 1.29 is 42.1 Å². The monoisotopic (exact) mass is 495 g/mol. The molecule has 0 rings (SSSR count). The summed E-state index contributed by atoms with van der Waals surface area (Å²) in [6.07, 6.45) is 9.53. The Hall–Kier alpha value is -0.990. The topological polar surface area (TPSA) is 111 Å². The number of ether oxygens (including phenoxy) is 2. The maximum atomic E-state index is 12.2. The summed E-state index contributed by atoms with van der Waals surface area (Å²) >= 11 is 0. The van der Waals surface area contributed by atoms with Crippen molar-refractivity contribution in [3.8, 4) is 0 Å². The van der Waals surface area contributed by atoms with Gasteiger partial charge in [0.05, 0.1) is 27.7 Å². The Balaban J connectivity index is 4.36. The normalized spacial score (nSPS) is 14.5. The minimum atomic E-state index is -4.57. The summed E-state index contributed by atoms with van der Waals surface area (Å²) in [6.45, 7) is 3.54. The molecule has 0 radical (unpaired) electrons. The Morgan fingerprint density at radius 1 is 0.848 bits per heavy atom. The number of phosphoric ester groups is 1. The Morgan fingerprint density at radius 2 is 1.42 bits per heavy atom. The van der Waals surface area contributed by atoms with Crippen molar-refractivity contribution in [3.05, 3.63) is 0 Å². The van der Waals surface area contributed by atoms with E-state index in [9.17, 15) is 19.0 Å². The minimum Gasteiger partial charge on any atom is -0.756 e. The lowest BCUT2D eigenvalue weighted by Gasteiger charge is -2.28. The third kappa shape index (κ3) is 21.3. The first-order valence-corrected chi connectivity index (χ1v) is 13.7. The molecule has 0 heterocycles. The number of carbonyl (C=O) groups excluding carboxylic acids is 2. The number of esters is 2. The van der Waals surface area contributed by atoms with Crippen LogP contribution < -0.4 is 4.89 Å². The fourth-order valence-corrected chi connectivity index (χ4v) is 3.60. The molecule has 0 aromatic carbocycles. The first kappa shape index (κ1) is 32.0. The van der Waals surface area contributed by atoms with Crippen molar-refractivity contribution in [2.24, 2.45) is 0 Å². The molecule has 0 saturated heterocycles. The number of hydrogen-bond donors (Lipinski definition) is 0. The van der Waals surface area contributed by atoms with E-state index in [0.29, 0.717) is 17.4 Å². The molecule has 0 spiro atoms. The maximum Gasteiger partial charge on any atom is 0.306 e. The van der Waals surface area contributed by atoms with Gasteiger partial charge in [0.15, 0.2) is 6.10 Å². The Morgan fingerprint density at radius 3 is 1.97 bits per heavy atom. The zero-order valence-electron chi connectivity index (χ0n) is 21.3. The number of unbranched alkanes of at least 4 members (excludes halogenated alkanes) is 8. The predicted molar refractivity (Wildman–Crippen MR) is 125 cm³/mol. The maximum absolute atomic E-state index is 12.2. The van der Waals surface area contributed by atoms with E-state index < -0.39 is 32.5 Å². The van der Waals surface area contributed by atoms with Gasteiger partial charge >= 0.3 is 11.9 Å². The van der Waals surface area contributed by atoms with Gasteiger partial charge in [-0.3, -0.25) is 14.2 Å². The SMILES string of the molecule is CCCCCCCCCCCC(=O)OC(COC(=O)CC)COP(=O)([O-])OCC[N+](C)(C)C. The third-order valence-corrected chi connectivity index (χ3v) is 5.90. The van der Waals surface area contributed by atoms with Crippen LogP contribution in [0.2, 0.25) is 0 Å². The number of rotatable bonds is 21. The van der Waals surface area contributed by atoms with Gasteiger partial charge in [-0.2, -0.15) is 0 Å². The second kappa shape index (κ2) is 18.4. The fraction of sp³-hybridized carbons (Fsp3) is 0.913. The highest BCUT2D eigenvalue weighted by Crippen LogP contribution is 2.38. The molecule has 0 saturated carbocycles. The highest BCUT2D eigenvalue weighted by atomic mass is 31.2. The molecule has 0 aliphatic carbocycles. The van der Waals surface area contributed by atoms with Crippen LogP contribution in [-0.2, 0) is 32.7 Å². The van der Waals surface area contributed by atoms with Gasteiger partial charge in [0.25, 0.3) is 7.82 Å². The van der Waals surface area contributed by atoms with Crippen LogP contribution in [0.15, 0.2) is 0 Å². The van der Waals surface area contributed by atoms with E-state index >= 15 is 0 Å². The van der Waals surface area contributed by atoms with Gasteiger partial charge in [-0.15, -0.1) is 0 Å². The predicted octanol–water partition coefficient (Wildman–Crippen LogP) is 3.98. The largest absolute Gasteiger partial charge is 0.756 e. The van der Waals surface area contributed by atoms with E-state index in [2.05, 4.69) is 6.92 Å². The lowest BCUT2D eigenvalue weighted by atomic mass is 10.1. The zero-order chi connectivity index (χ0) is 25.2. The summed E-state index contributed by atoms with van der Waals surface area (Å²) in [5, 5.41) is 0. The molecule has 196 valence electrons. The van der Waals surface area contributed by atoms with E-state index in [1.54, 1.807) is 6.92 Å². The molecule has 0 aromatic heterocycles. The van der Waals surface area contributed by atoms with Crippen LogP contribution in [0.4, 0.5) is 0 Å². The van der Waals surface area contributed by atoms with Crippen LogP contribution in [0.1, 0.15) is 84.5 Å². The van der Waals surface area contributed by atoms with Crippen LogP contribution in [0, 0.1) is 0 Å². The molecular formula is C23H46NO8P. The van der Waals surface area contributed by atoms with Crippen LogP contribution in [-0.4, -0.2) is 70.0 Å². The Kier molecular flexibility index (Phi) is 17.8. The fourth-order valence-electron chi connectivity index (χ4n) is 2.87. The minimum absolute atomic E-state index is 0.0296. The molecule has 0 N–H and O–H groups in total. The summed E-state index contributed by atoms with van der Waals surface area (Å²) in [5.74, 6) is -0.940. The molecule has 0 aliphatic rings. The van der Waals surface area contributed by atoms with Crippen molar-refractivity contribution in [2.75, 3.05) is 47.5 Å². The van der Waals surface area contributed by atoms with Crippen LogP contribution in [0.3, 0.4) is 0 Å². The van der Waals surface area contributed by atoms with E-state index in [0.717, 1.165) is 19.3 Å². The molecule has 2 atom stereocenters. The summed E-state index contributed by atoms with van der Waals surface area (Å²) in [5.41, 5.74) is 0. The van der Waals surface area contributed by atoms with E-state index in [4.69, 9.17) is 18.5 Å². The number of hydrogen-bond acceptors (Lipinski definition) is 8. The zero-order valence-corrected chi connectivity index (χ0v) is 22.2. The number of quaternary nitrogens is 1. The average Bonchev–Trinajstić information content (AvgIpc) is 2.73. The lowest BCUT2D eigenvalue weighted by Crippen LogP contribution is -2.37. The molecule has 33 heavy (non-hydrogen) atoms. The van der Waals surface area contributed by atoms with Gasteiger partial charge in [0, 0.05) is 12.8 Å². The number of phosphoric acid groups is 1. The first-order valence-electron chi connectivity index (χ1n) is 12.2. The smallest absolute Gasteiger partial charge is 0.306 e. The molecule has 0 amide bonds. The Bertz CT molecular complexity index is 579. The quantitative estimate of drug-likeness (QED) is 0.102. The summed E-state index contributed by atoms with van der Waals surface area (Å²) in [6, 6.07) is 0. The Labute approximate surface area is 200 Å². The number of likely N-dealkylation sites (N-methyl/N-ethyl adjacent to an activating group) is 1. The molecular weight excluding hydrogens is 449 g/mol. The van der Waals surface area contributed by atoms with Crippen molar-refractivity contribution >= 4 is 19.8 Å². The molecule has 2 unspecified atom stereocenters. The highest BCUT2D eigenvalue weighted by molar-refractivity contribution is 7.45. The van der Waals surface area contributed by atoms with Crippen LogP contribution in [0.25, 0.3) is 0 Å². The van der Waals surface area contributed by atoms with Gasteiger partial charge in [-0.05, 0) is 6.42 Å². The van der Waals surface area contributed by atoms with Crippen LogP contribution in [0.5, 0.6) is 0 Å². The second-order valence-electron chi connectivity index (χ2n) is 9.32. The summed E-state index contributed by atoms with van der Waals surface area (Å²) < 4.78 is 32.6. The third-order valence-electron chi connectivity index (χ3n) is 4.93. The first-order chi connectivity index (χ1) is 15.5. The molecule has 0 aliphatic heterocycles. The summed E-state index contributed by atoms with van der Waals surface area (Å²) in [7, 11) is 1.16. The van der Waals surface area contributed by atoms with E-state index in [1.165, 1.54) is 32.1 Å². The standard InChI is InChI=1S/C23H46NO8P/c1-6-8-9-10-11-12-13-14-15-16-23(26)32-21(19-29-22(25)7-2)20-31-33(27,28)30-18-17-24(3,4)5/h21H,6-20H2,1-5H3. The average molecular weight is 496 g/mol. The summed E-state index contributed by atoms with van der Waals surface area (Å²) in [4.78, 5) is 35.6. The van der Waals surface area contributed by atoms with Gasteiger partial charge in [-0.25, -0.2) is 0 Å². The number of carbonyl (C=O) groups is 2. The van der Waals surface area contributed by atoms with Crippen molar-refractivity contribution in [1.82, 2.24) is 0 Å². The molecule has 10 heteroatoms. The second-order valence-corrected chi connectivity index (χ2v) is 10.7.